The molecule has 5 nitrogen and oxygen atoms in total. The lowest BCUT2D eigenvalue weighted by molar-refractivity contribution is 0.0959. The number of fused-ring (bicyclic) bond motifs is 3. The second-order valence-electron chi connectivity index (χ2n) is 5.91. The molecule has 0 aliphatic heterocycles. The molecule has 0 atom stereocenters. The molecule has 0 bridgehead atoms. The van der Waals surface area contributed by atoms with E-state index in [2.05, 4.69) is 46.3 Å². The fraction of sp³-hybridized carbons (Fsp3) is 0.100. The van der Waals surface area contributed by atoms with Crippen LogP contribution >= 0.6 is 11.3 Å². The molecule has 4 rings (SSSR count). The lowest BCUT2D eigenvalue weighted by atomic mass is 10.1. The third-order valence-electron chi connectivity index (χ3n) is 4.30. The van der Waals surface area contributed by atoms with Gasteiger partial charge in [0.25, 0.3) is 5.91 Å². The number of carbonyl (C=O) groups is 1. The maximum Gasteiger partial charge on any atom is 0.281 e. The highest BCUT2D eigenvalue weighted by Gasteiger charge is 2.10. The van der Waals surface area contributed by atoms with E-state index in [0.717, 1.165) is 12.1 Å². The minimum Gasteiger partial charge on any atom is -0.507 e. The average Bonchev–Trinajstić information content (AvgIpc) is 3.23. The van der Waals surface area contributed by atoms with Crippen LogP contribution in [-0.2, 0) is 6.54 Å². The number of para-hydroxylation sites is 1. The van der Waals surface area contributed by atoms with Crippen LogP contribution in [0.1, 0.15) is 22.2 Å². The second kappa shape index (κ2) is 6.65. The van der Waals surface area contributed by atoms with Crippen molar-refractivity contribution in [1.82, 2.24) is 9.99 Å². The van der Waals surface area contributed by atoms with E-state index < -0.39 is 0 Å². The number of rotatable bonds is 4. The van der Waals surface area contributed by atoms with Crippen molar-refractivity contribution in [3.63, 3.8) is 0 Å². The third-order valence-corrected chi connectivity index (χ3v) is 5.22. The molecule has 2 aromatic heterocycles. The molecule has 0 spiro atoms. The highest BCUT2D eigenvalue weighted by molar-refractivity contribution is 7.12. The van der Waals surface area contributed by atoms with Gasteiger partial charge >= 0.3 is 0 Å². The first-order chi connectivity index (χ1) is 12.7. The Bertz CT molecular complexity index is 1140. The summed E-state index contributed by atoms with van der Waals surface area (Å²) in [6, 6.07) is 15.9. The van der Waals surface area contributed by atoms with Crippen molar-refractivity contribution < 1.29 is 9.90 Å². The topological polar surface area (TPSA) is 66.6 Å². The van der Waals surface area contributed by atoms with Gasteiger partial charge in [-0.1, -0.05) is 24.3 Å². The number of nitrogens with one attached hydrogen (secondary N) is 1. The lowest BCUT2D eigenvalue weighted by Gasteiger charge is -2.02. The van der Waals surface area contributed by atoms with Crippen LogP contribution in [0.5, 0.6) is 5.75 Å². The standard InChI is InChI=1S/C20H17N3O2S/c1-2-23-17-6-4-3-5-15(17)16-9-13(7-8-18(16)23)11-21-22-20(25)19-10-14(24)12-26-19/h3-12,24H,2H2,1H3,(H,22,25)/b21-11+. The van der Waals surface area contributed by atoms with Gasteiger partial charge in [-0.2, -0.15) is 5.10 Å². The van der Waals surface area contributed by atoms with Crippen LogP contribution < -0.4 is 5.43 Å². The van der Waals surface area contributed by atoms with E-state index in [1.54, 1.807) is 6.21 Å². The maximum atomic E-state index is 11.9. The van der Waals surface area contributed by atoms with Crippen molar-refractivity contribution in [2.75, 3.05) is 0 Å². The molecule has 2 aromatic carbocycles. The molecule has 6 heteroatoms. The molecule has 0 saturated carbocycles. The normalized spacial score (nSPS) is 11.6. The van der Waals surface area contributed by atoms with Gasteiger partial charge in [-0.05, 0) is 30.7 Å². The second-order valence-corrected chi connectivity index (χ2v) is 6.82. The van der Waals surface area contributed by atoms with Crippen molar-refractivity contribution in [2.24, 2.45) is 5.10 Å². The SMILES string of the molecule is CCn1c2ccccc2c2cc(/C=N/NC(=O)c3cc(O)cs3)ccc21. The fourth-order valence-electron chi connectivity index (χ4n) is 3.16. The Morgan fingerprint density at radius 3 is 2.77 bits per heavy atom. The minimum atomic E-state index is -0.338. The number of hydrogen-bond acceptors (Lipinski definition) is 4. The van der Waals surface area contributed by atoms with Gasteiger partial charge in [-0.25, -0.2) is 5.43 Å². The first-order valence-corrected chi connectivity index (χ1v) is 9.17. The van der Waals surface area contributed by atoms with E-state index in [1.807, 2.05) is 18.2 Å². The van der Waals surface area contributed by atoms with Crippen LogP contribution in [0.15, 0.2) is 59.0 Å². The molecule has 4 aromatic rings. The molecule has 0 aliphatic carbocycles. The zero-order chi connectivity index (χ0) is 18.1. The number of benzene rings is 2. The number of thiophene rings is 1. The summed E-state index contributed by atoms with van der Waals surface area (Å²) >= 11 is 1.17. The predicted octanol–water partition coefficient (Wildman–Crippen LogP) is 4.35. The molecule has 2 N–H and O–H groups in total. The number of aromatic nitrogens is 1. The molecule has 0 radical (unpaired) electrons. The van der Waals surface area contributed by atoms with Gasteiger partial charge in [0, 0.05) is 39.8 Å². The summed E-state index contributed by atoms with van der Waals surface area (Å²) < 4.78 is 2.29. The molecule has 26 heavy (non-hydrogen) atoms. The highest BCUT2D eigenvalue weighted by Crippen LogP contribution is 2.29. The molecular weight excluding hydrogens is 346 g/mol. The van der Waals surface area contributed by atoms with E-state index in [-0.39, 0.29) is 11.7 Å². The van der Waals surface area contributed by atoms with E-state index in [0.29, 0.717) is 4.88 Å². The third kappa shape index (κ3) is 2.84. The monoisotopic (exact) mass is 363 g/mol. The van der Waals surface area contributed by atoms with Gasteiger partial charge < -0.3 is 9.67 Å². The van der Waals surface area contributed by atoms with Crippen LogP contribution in [0.4, 0.5) is 0 Å². The Morgan fingerprint density at radius 2 is 2.00 bits per heavy atom. The van der Waals surface area contributed by atoms with Crippen LogP contribution in [0.25, 0.3) is 21.8 Å². The highest BCUT2D eigenvalue weighted by atomic mass is 32.1. The Balaban J connectivity index is 1.63. The smallest absolute Gasteiger partial charge is 0.281 e. The zero-order valence-electron chi connectivity index (χ0n) is 14.1. The van der Waals surface area contributed by atoms with Gasteiger partial charge in [0.15, 0.2) is 0 Å². The van der Waals surface area contributed by atoms with Crippen LogP contribution in [0.2, 0.25) is 0 Å². The van der Waals surface area contributed by atoms with Gasteiger partial charge in [-0.15, -0.1) is 11.3 Å². The summed E-state index contributed by atoms with van der Waals surface area (Å²) in [4.78, 5) is 12.4. The Labute approximate surface area is 154 Å². The predicted molar refractivity (Wildman–Crippen MR) is 106 cm³/mol. The van der Waals surface area contributed by atoms with Crippen molar-refractivity contribution in [3.8, 4) is 5.75 Å². The summed E-state index contributed by atoms with van der Waals surface area (Å²) in [6.07, 6.45) is 1.63. The Kier molecular flexibility index (Phi) is 4.18. The molecule has 0 unspecified atom stereocenters. The van der Waals surface area contributed by atoms with Gasteiger partial charge in [-0.3, -0.25) is 4.79 Å². The number of hydrogen-bond donors (Lipinski definition) is 2. The quantitative estimate of drug-likeness (QED) is 0.418. The minimum absolute atomic E-state index is 0.0851. The summed E-state index contributed by atoms with van der Waals surface area (Å²) in [5.74, 6) is -0.253. The van der Waals surface area contributed by atoms with Crippen molar-refractivity contribution >= 4 is 45.3 Å². The Hall–Kier alpha value is -3.12. The fourth-order valence-corrected chi connectivity index (χ4v) is 3.82. The van der Waals surface area contributed by atoms with E-state index in [1.165, 1.54) is 44.6 Å². The van der Waals surface area contributed by atoms with Crippen molar-refractivity contribution in [1.29, 1.82) is 0 Å². The lowest BCUT2D eigenvalue weighted by Crippen LogP contribution is -2.16. The van der Waals surface area contributed by atoms with Crippen molar-refractivity contribution in [2.45, 2.75) is 13.5 Å². The molecule has 0 saturated heterocycles. The first-order valence-electron chi connectivity index (χ1n) is 8.29. The van der Waals surface area contributed by atoms with E-state index in [9.17, 15) is 9.90 Å². The number of nitrogens with zero attached hydrogens (tertiary/aromatic N) is 2. The number of carbonyl (C=O) groups excluding carboxylic acids is 1. The summed E-state index contributed by atoms with van der Waals surface area (Å²) in [5.41, 5.74) is 5.79. The van der Waals surface area contributed by atoms with Crippen LogP contribution in [0, 0.1) is 0 Å². The average molecular weight is 363 g/mol. The van der Waals surface area contributed by atoms with Gasteiger partial charge in [0.1, 0.15) is 5.75 Å². The van der Waals surface area contributed by atoms with E-state index in [4.69, 9.17) is 0 Å². The summed E-state index contributed by atoms with van der Waals surface area (Å²) in [5, 5.41) is 17.2. The first kappa shape index (κ1) is 16.4. The largest absolute Gasteiger partial charge is 0.507 e. The van der Waals surface area contributed by atoms with Gasteiger partial charge in [0.05, 0.1) is 11.1 Å². The van der Waals surface area contributed by atoms with E-state index >= 15 is 0 Å². The zero-order valence-corrected chi connectivity index (χ0v) is 15.0. The number of amides is 1. The summed E-state index contributed by atoms with van der Waals surface area (Å²) in [6.45, 7) is 3.04. The molecule has 130 valence electrons. The number of hydrazone groups is 1. The van der Waals surface area contributed by atoms with Crippen LogP contribution in [0.3, 0.4) is 0 Å². The molecule has 2 heterocycles. The number of aryl methyl sites for hydroxylation is 1. The summed E-state index contributed by atoms with van der Waals surface area (Å²) in [7, 11) is 0. The maximum absolute atomic E-state index is 11.9. The van der Waals surface area contributed by atoms with Gasteiger partial charge in [0.2, 0.25) is 0 Å². The number of aromatic hydroxyl groups is 1. The van der Waals surface area contributed by atoms with Crippen LogP contribution in [-0.4, -0.2) is 21.8 Å². The molecule has 0 aliphatic rings. The Morgan fingerprint density at radius 1 is 1.19 bits per heavy atom. The molecule has 0 fully saturated rings. The van der Waals surface area contributed by atoms with Crippen molar-refractivity contribution in [3.05, 3.63) is 64.4 Å². The molecule has 1 amide bonds. The molecular formula is C20H17N3O2S.